The van der Waals surface area contributed by atoms with E-state index in [2.05, 4.69) is 12.1 Å². The summed E-state index contributed by atoms with van der Waals surface area (Å²) in [6.45, 7) is 3.30. The number of amides is 1. The fraction of sp³-hybridized carbons (Fsp3) is 0.533. The highest BCUT2D eigenvalue weighted by Crippen LogP contribution is 2.27. The van der Waals surface area contributed by atoms with Gasteiger partial charge in [0.1, 0.15) is 0 Å². The fourth-order valence-electron chi connectivity index (χ4n) is 2.31. The predicted molar refractivity (Wildman–Crippen MR) is 72.8 cm³/mol. The molecule has 0 bridgehead atoms. The molecule has 3 nitrogen and oxygen atoms in total. The Morgan fingerprint density at radius 1 is 1.39 bits per heavy atom. The van der Waals surface area contributed by atoms with Crippen LogP contribution in [0.2, 0.25) is 0 Å². The van der Waals surface area contributed by atoms with Crippen molar-refractivity contribution in [3.63, 3.8) is 0 Å². The maximum atomic E-state index is 12.1. The lowest BCUT2D eigenvalue weighted by atomic mass is 9.85. The van der Waals surface area contributed by atoms with Crippen molar-refractivity contribution in [2.24, 2.45) is 11.7 Å². The van der Waals surface area contributed by atoms with Gasteiger partial charge in [0.2, 0.25) is 5.91 Å². The van der Waals surface area contributed by atoms with Gasteiger partial charge in [0.05, 0.1) is 6.04 Å². The van der Waals surface area contributed by atoms with Crippen LogP contribution in [0.4, 0.5) is 0 Å². The first-order valence-corrected chi connectivity index (χ1v) is 6.75. The Kier molecular flexibility index (Phi) is 4.37. The Bertz CT molecular complexity index is 385. The second kappa shape index (κ2) is 6.01. The zero-order valence-electron chi connectivity index (χ0n) is 11.0. The van der Waals surface area contributed by atoms with E-state index in [9.17, 15) is 4.79 Å². The smallest absolute Gasteiger partial charge is 0.239 e. The van der Waals surface area contributed by atoms with Gasteiger partial charge in [0.15, 0.2) is 0 Å². The summed E-state index contributed by atoms with van der Waals surface area (Å²) in [7, 11) is 0. The highest BCUT2D eigenvalue weighted by molar-refractivity contribution is 5.81. The van der Waals surface area contributed by atoms with Crippen molar-refractivity contribution in [3.8, 4) is 0 Å². The van der Waals surface area contributed by atoms with Crippen LogP contribution in [-0.4, -0.2) is 23.4 Å². The molecule has 1 amide bonds. The van der Waals surface area contributed by atoms with Crippen LogP contribution in [0.15, 0.2) is 30.3 Å². The topological polar surface area (TPSA) is 46.3 Å². The molecule has 0 aromatic heterocycles. The molecule has 1 aromatic carbocycles. The summed E-state index contributed by atoms with van der Waals surface area (Å²) in [6.07, 6.45) is 3.80. The average molecular weight is 246 g/mol. The predicted octanol–water partition coefficient (Wildman–Crippen LogP) is 2.16. The molecule has 2 N–H and O–H groups in total. The normalized spacial score (nSPS) is 17.0. The first kappa shape index (κ1) is 13.1. The number of carbonyl (C=O) groups excluding carboxylic acids is 1. The Morgan fingerprint density at radius 2 is 2.06 bits per heavy atom. The molecule has 1 saturated carbocycles. The maximum Gasteiger partial charge on any atom is 0.239 e. The number of nitrogens with zero attached hydrogens (tertiary/aromatic N) is 1. The SMILES string of the molecule is C[C@H](N)C(=O)N(Cc1ccccc1)CC1CCC1. The summed E-state index contributed by atoms with van der Waals surface area (Å²) < 4.78 is 0. The molecule has 0 heterocycles. The Labute approximate surface area is 109 Å². The van der Waals surface area contributed by atoms with E-state index in [0.717, 1.165) is 6.54 Å². The summed E-state index contributed by atoms with van der Waals surface area (Å²) in [4.78, 5) is 14.0. The van der Waals surface area contributed by atoms with Gasteiger partial charge in [-0.3, -0.25) is 4.79 Å². The Hall–Kier alpha value is -1.35. The van der Waals surface area contributed by atoms with Crippen molar-refractivity contribution < 1.29 is 4.79 Å². The number of rotatable bonds is 5. The fourth-order valence-corrected chi connectivity index (χ4v) is 2.31. The quantitative estimate of drug-likeness (QED) is 0.865. The van der Waals surface area contributed by atoms with E-state index in [-0.39, 0.29) is 5.91 Å². The van der Waals surface area contributed by atoms with Crippen molar-refractivity contribution >= 4 is 5.91 Å². The summed E-state index contributed by atoms with van der Waals surface area (Å²) in [5, 5.41) is 0. The minimum atomic E-state index is -0.409. The van der Waals surface area contributed by atoms with Gasteiger partial charge in [-0.25, -0.2) is 0 Å². The van der Waals surface area contributed by atoms with Crippen LogP contribution >= 0.6 is 0 Å². The second-order valence-corrected chi connectivity index (χ2v) is 5.29. The summed E-state index contributed by atoms with van der Waals surface area (Å²) >= 11 is 0. The average Bonchev–Trinajstić information content (AvgIpc) is 2.32. The van der Waals surface area contributed by atoms with Crippen LogP contribution in [0.1, 0.15) is 31.7 Å². The van der Waals surface area contributed by atoms with Gasteiger partial charge in [-0.2, -0.15) is 0 Å². The lowest BCUT2D eigenvalue weighted by Crippen LogP contribution is -2.44. The lowest BCUT2D eigenvalue weighted by Gasteiger charge is -2.33. The number of benzene rings is 1. The van der Waals surface area contributed by atoms with Crippen LogP contribution in [-0.2, 0) is 11.3 Å². The summed E-state index contributed by atoms with van der Waals surface area (Å²) in [5.41, 5.74) is 6.91. The van der Waals surface area contributed by atoms with E-state index >= 15 is 0 Å². The first-order chi connectivity index (χ1) is 8.66. The zero-order valence-corrected chi connectivity index (χ0v) is 11.0. The molecular formula is C15H22N2O. The van der Waals surface area contributed by atoms with Gasteiger partial charge in [0.25, 0.3) is 0 Å². The van der Waals surface area contributed by atoms with Crippen LogP contribution < -0.4 is 5.73 Å². The van der Waals surface area contributed by atoms with Gasteiger partial charge in [-0.1, -0.05) is 36.8 Å². The molecule has 1 aliphatic carbocycles. The van der Waals surface area contributed by atoms with Gasteiger partial charge in [0, 0.05) is 13.1 Å². The number of carbonyl (C=O) groups is 1. The monoisotopic (exact) mass is 246 g/mol. The van der Waals surface area contributed by atoms with Crippen molar-refractivity contribution in [2.75, 3.05) is 6.54 Å². The third kappa shape index (κ3) is 3.33. The summed E-state index contributed by atoms with van der Waals surface area (Å²) in [5.74, 6) is 0.738. The third-order valence-corrected chi connectivity index (χ3v) is 3.62. The molecule has 1 fully saturated rings. The molecular weight excluding hydrogens is 224 g/mol. The van der Waals surface area contributed by atoms with Gasteiger partial charge in [-0.15, -0.1) is 0 Å². The highest BCUT2D eigenvalue weighted by atomic mass is 16.2. The minimum absolute atomic E-state index is 0.0609. The number of hydrogen-bond acceptors (Lipinski definition) is 2. The van der Waals surface area contributed by atoms with Gasteiger partial charge >= 0.3 is 0 Å². The molecule has 0 aliphatic heterocycles. The number of nitrogens with two attached hydrogens (primary N) is 1. The van der Waals surface area contributed by atoms with Crippen molar-refractivity contribution in [2.45, 2.75) is 38.8 Å². The maximum absolute atomic E-state index is 12.1. The molecule has 0 unspecified atom stereocenters. The molecule has 0 radical (unpaired) electrons. The van der Waals surface area contributed by atoms with Crippen LogP contribution in [0, 0.1) is 5.92 Å². The summed E-state index contributed by atoms with van der Waals surface area (Å²) in [6, 6.07) is 9.71. The van der Waals surface area contributed by atoms with E-state index in [1.54, 1.807) is 6.92 Å². The molecule has 0 saturated heterocycles. The lowest BCUT2D eigenvalue weighted by molar-refractivity contribution is -0.133. The van der Waals surface area contributed by atoms with E-state index in [0.29, 0.717) is 12.5 Å². The van der Waals surface area contributed by atoms with E-state index in [4.69, 9.17) is 5.73 Å². The van der Waals surface area contributed by atoms with Gasteiger partial charge in [-0.05, 0) is 31.2 Å². The largest absolute Gasteiger partial charge is 0.337 e. The van der Waals surface area contributed by atoms with Crippen molar-refractivity contribution in [3.05, 3.63) is 35.9 Å². The van der Waals surface area contributed by atoms with Crippen molar-refractivity contribution in [1.29, 1.82) is 0 Å². The number of hydrogen-bond donors (Lipinski definition) is 1. The molecule has 1 atom stereocenters. The van der Waals surface area contributed by atoms with Crippen molar-refractivity contribution in [1.82, 2.24) is 4.90 Å². The molecule has 1 aromatic rings. The zero-order chi connectivity index (χ0) is 13.0. The highest BCUT2D eigenvalue weighted by Gasteiger charge is 2.25. The molecule has 98 valence electrons. The second-order valence-electron chi connectivity index (χ2n) is 5.29. The van der Waals surface area contributed by atoms with E-state index < -0.39 is 6.04 Å². The van der Waals surface area contributed by atoms with Crippen LogP contribution in [0.3, 0.4) is 0 Å². The third-order valence-electron chi connectivity index (χ3n) is 3.62. The van der Waals surface area contributed by atoms with E-state index in [1.165, 1.54) is 24.8 Å². The van der Waals surface area contributed by atoms with E-state index in [1.807, 2.05) is 23.1 Å². The Balaban J connectivity index is 2.01. The standard InChI is InChI=1S/C15H22N2O/c1-12(16)15(18)17(11-14-8-5-9-14)10-13-6-3-2-4-7-13/h2-4,6-7,12,14H,5,8-11,16H2,1H3/t12-/m0/s1. The first-order valence-electron chi connectivity index (χ1n) is 6.75. The molecule has 18 heavy (non-hydrogen) atoms. The molecule has 0 spiro atoms. The molecule has 1 aliphatic rings. The Morgan fingerprint density at radius 3 is 2.56 bits per heavy atom. The molecule has 3 heteroatoms. The van der Waals surface area contributed by atoms with Crippen LogP contribution in [0.5, 0.6) is 0 Å². The minimum Gasteiger partial charge on any atom is -0.337 e. The van der Waals surface area contributed by atoms with Gasteiger partial charge < -0.3 is 10.6 Å². The molecule has 2 rings (SSSR count). The van der Waals surface area contributed by atoms with Crippen LogP contribution in [0.25, 0.3) is 0 Å².